The number of amides is 1. The summed E-state index contributed by atoms with van der Waals surface area (Å²) in [6.45, 7) is 0.799. The number of benzene rings is 1. The number of hydrogen-bond acceptors (Lipinski definition) is 6. The molecule has 3 rings (SSSR count). The summed E-state index contributed by atoms with van der Waals surface area (Å²) in [5, 5.41) is 3.28. The summed E-state index contributed by atoms with van der Waals surface area (Å²) in [7, 11) is 1.77. The molecular weight excluding hydrogens is 326 g/mol. The Morgan fingerprint density at radius 3 is 2.83 bits per heavy atom. The van der Waals surface area contributed by atoms with Crippen LogP contribution in [-0.2, 0) is 18.1 Å². The van der Waals surface area contributed by atoms with Crippen molar-refractivity contribution in [3.8, 4) is 0 Å². The molecule has 0 saturated heterocycles. The maximum atomic E-state index is 11.3. The summed E-state index contributed by atoms with van der Waals surface area (Å²) in [6.07, 6.45) is 3.28. The number of nitrogens with one attached hydrogen (secondary N) is 1. The van der Waals surface area contributed by atoms with E-state index in [9.17, 15) is 4.79 Å². The number of fused-ring (bicyclic) bond motifs is 1. The SMILES string of the molecule is CNc1ncnc2c1c(SC(N)=O)cn2COCc1ccccc1. The van der Waals surface area contributed by atoms with Gasteiger partial charge in [-0.2, -0.15) is 0 Å². The molecule has 0 atom stereocenters. The number of anilines is 1. The third-order valence-electron chi connectivity index (χ3n) is 3.41. The minimum Gasteiger partial charge on any atom is -0.372 e. The highest BCUT2D eigenvalue weighted by atomic mass is 32.2. The van der Waals surface area contributed by atoms with Crippen LogP contribution >= 0.6 is 11.8 Å². The minimum absolute atomic E-state index is 0.310. The highest BCUT2D eigenvalue weighted by Crippen LogP contribution is 2.33. The van der Waals surface area contributed by atoms with Crippen LogP contribution in [-0.4, -0.2) is 26.8 Å². The minimum atomic E-state index is -0.481. The average molecular weight is 343 g/mol. The Kier molecular flexibility index (Phi) is 4.97. The Morgan fingerprint density at radius 1 is 1.33 bits per heavy atom. The van der Waals surface area contributed by atoms with Crippen molar-refractivity contribution in [1.82, 2.24) is 14.5 Å². The lowest BCUT2D eigenvalue weighted by Gasteiger charge is -2.07. The topological polar surface area (TPSA) is 95.1 Å². The van der Waals surface area contributed by atoms with Gasteiger partial charge in [0.1, 0.15) is 24.5 Å². The smallest absolute Gasteiger partial charge is 0.281 e. The van der Waals surface area contributed by atoms with Crippen molar-refractivity contribution in [2.45, 2.75) is 18.2 Å². The van der Waals surface area contributed by atoms with Gasteiger partial charge in [-0.05, 0) is 17.3 Å². The van der Waals surface area contributed by atoms with Crippen molar-refractivity contribution >= 4 is 33.9 Å². The first-order chi connectivity index (χ1) is 11.7. The van der Waals surface area contributed by atoms with Gasteiger partial charge in [0.15, 0.2) is 0 Å². The van der Waals surface area contributed by atoms with Crippen molar-refractivity contribution in [2.75, 3.05) is 12.4 Å². The first kappa shape index (κ1) is 16.3. The zero-order chi connectivity index (χ0) is 16.9. The molecule has 24 heavy (non-hydrogen) atoms. The molecule has 2 heterocycles. The number of hydrogen-bond donors (Lipinski definition) is 2. The number of nitrogens with zero attached hydrogens (tertiary/aromatic N) is 3. The number of thioether (sulfide) groups is 1. The number of carbonyl (C=O) groups excluding carboxylic acids is 1. The molecule has 8 heteroatoms. The maximum absolute atomic E-state index is 11.3. The van der Waals surface area contributed by atoms with Crippen LogP contribution in [0.4, 0.5) is 10.6 Å². The lowest BCUT2D eigenvalue weighted by atomic mass is 10.2. The van der Waals surface area contributed by atoms with E-state index in [-0.39, 0.29) is 0 Å². The van der Waals surface area contributed by atoms with Crippen LogP contribution in [0.2, 0.25) is 0 Å². The molecule has 3 aromatic rings. The van der Waals surface area contributed by atoms with Crippen LogP contribution in [0.3, 0.4) is 0 Å². The molecule has 7 nitrogen and oxygen atoms in total. The largest absolute Gasteiger partial charge is 0.372 e. The monoisotopic (exact) mass is 343 g/mol. The molecule has 0 spiro atoms. The van der Waals surface area contributed by atoms with Crippen LogP contribution in [0.15, 0.2) is 47.8 Å². The number of aromatic nitrogens is 3. The summed E-state index contributed by atoms with van der Waals surface area (Å²) in [5.74, 6) is 0.644. The van der Waals surface area contributed by atoms with Crippen LogP contribution in [0.5, 0.6) is 0 Å². The highest BCUT2D eigenvalue weighted by Gasteiger charge is 2.16. The average Bonchev–Trinajstić information content (AvgIpc) is 2.93. The van der Waals surface area contributed by atoms with Crippen molar-refractivity contribution in [2.24, 2.45) is 5.73 Å². The molecule has 0 aliphatic rings. The Balaban J connectivity index is 1.86. The summed E-state index contributed by atoms with van der Waals surface area (Å²) in [5.41, 5.74) is 7.09. The van der Waals surface area contributed by atoms with Gasteiger partial charge >= 0.3 is 0 Å². The third kappa shape index (κ3) is 3.50. The molecule has 0 bridgehead atoms. The van der Waals surface area contributed by atoms with E-state index in [4.69, 9.17) is 10.5 Å². The second-order valence-electron chi connectivity index (χ2n) is 5.02. The fraction of sp³-hybridized carbons (Fsp3) is 0.188. The Hall–Kier alpha value is -2.58. The summed E-state index contributed by atoms with van der Waals surface area (Å²) in [6, 6.07) is 9.91. The number of primary amides is 1. The standard InChI is InChI=1S/C16H17N5O2S/c1-18-14-13-12(24-16(17)22)7-21(15(13)20-9-19-14)10-23-8-11-5-3-2-4-6-11/h2-7,9H,8,10H2,1H3,(H2,17,22)(H,18,19,20). The quantitative estimate of drug-likeness (QED) is 0.668. The Bertz CT molecular complexity index is 850. The molecule has 2 aromatic heterocycles. The zero-order valence-corrected chi connectivity index (χ0v) is 13.9. The van der Waals surface area contributed by atoms with E-state index in [0.717, 1.165) is 22.7 Å². The summed E-state index contributed by atoms with van der Waals surface area (Å²) < 4.78 is 7.60. The second-order valence-corrected chi connectivity index (χ2v) is 6.06. The highest BCUT2D eigenvalue weighted by molar-refractivity contribution is 8.13. The molecule has 124 valence electrons. The van der Waals surface area contributed by atoms with Gasteiger partial charge in [-0.3, -0.25) is 4.79 Å². The molecule has 0 radical (unpaired) electrons. The van der Waals surface area contributed by atoms with E-state index in [2.05, 4.69) is 15.3 Å². The number of carbonyl (C=O) groups is 1. The van der Waals surface area contributed by atoms with Crippen LogP contribution in [0, 0.1) is 0 Å². The predicted molar refractivity (Wildman–Crippen MR) is 93.7 cm³/mol. The normalized spacial score (nSPS) is 10.9. The van der Waals surface area contributed by atoms with Gasteiger partial charge in [0.05, 0.1) is 12.0 Å². The first-order valence-corrected chi connectivity index (χ1v) is 8.11. The number of rotatable bonds is 6. The maximum Gasteiger partial charge on any atom is 0.281 e. The number of ether oxygens (including phenoxy) is 1. The van der Waals surface area contributed by atoms with Crippen LogP contribution < -0.4 is 11.1 Å². The fourth-order valence-corrected chi connectivity index (χ4v) is 3.08. The van der Waals surface area contributed by atoms with E-state index < -0.39 is 5.24 Å². The van der Waals surface area contributed by atoms with Gasteiger partial charge in [0.2, 0.25) is 0 Å². The van der Waals surface area contributed by atoms with Crippen LogP contribution in [0.1, 0.15) is 5.56 Å². The lowest BCUT2D eigenvalue weighted by Crippen LogP contribution is -2.03. The zero-order valence-electron chi connectivity index (χ0n) is 13.1. The third-order valence-corrected chi connectivity index (χ3v) is 4.14. The fourth-order valence-electron chi connectivity index (χ4n) is 2.40. The first-order valence-electron chi connectivity index (χ1n) is 7.29. The lowest BCUT2D eigenvalue weighted by molar-refractivity contribution is 0.0662. The van der Waals surface area contributed by atoms with Crippen LogP contribution in [0.25, 0.3) is 11.0 Å². The number of nitrogens with two attached hydrogens (primary N) is 1. The molecular formula is C16H17N5O2S. The van der Waals surface area contributed by atoms with E-state index in [1.54, 1.807) is 13.2 Å². The molecule has 1 aromatic carbocycles. The van der Waals surface area contributed by atoms with Gasteiger partial charge in [-0.25, -0.2) is 9.97 Å². The molecule has 1 amide bonds. The summed E-state index contributed by atoms with van der Waals surface area (Å²) in [4.78, 5) is 20.5. The van der Waals surface area contributed by atoms with Crippen molar-refractivity contribution in [1.29, 1.82) is 0 Å². The molecule has 0 fully saturated rings. The Labute approximate surface area is 143 Å². The molecule has 0 aliphatic heterocycles. The Morgan fingerprint density at radius 2 is 2.12 bits per heavy atom. The van der Waals surface area contributed by atoms with E-state index in [0.29, 0.717) is 29.7 Å². The van der Waals surface area contributed by atoms with Crippen molar-refractivity contribution < 1.29 is 9.53 Å². The van der Waals surface area contributed by atoms with E-state index in [1.807, 2.05) is 34.9 Å². The van der Waals surface area contributed by atoms with E-state index >= 15 is 0 Å². The van der Waals surface area contributed by atoms with Gasteiger partial charge in [-0.1, -0.05) is 30.3 Å². The van der Waals surface area contributed by atoms with Gasteiger partial charge in [-0.15, -0.1) is 0 Å². The second kappa shape index (κ2) is 7.33. The molecule has 0 aliphatic carbocycles. The van der Waals surface area contributed by atoms with Gasteiger partial charge in [0, 0.05) is 18.1 Å². The predicted octanol–water partition coefficient (Wildman–Crippen LogP) is 2.82. The summed E-state index contributed by atoms with van der Waals surface area (Å²) >= 11 is 0.951. The molecule has 0 unspecified atom stereocenters. The molecule has 3 N–H and O–H groups in total. The molecule has 0 saturated carbocycles. The van der Waals surface area contributed by atoms with E-state index in [1.165, 1.54) is 6.33 Å². The van der Waals surface area contributed by atoms with Gasteiger partial charge < -0.3 is 20.4 Å². The van der Waals surface area contributed by atoms with Crippen molar-refractivity contribution in [3.05, 3.63) is 48.4 Å². The van der Waals surface area contributed by atoms with Gasteiger partial charge in [0.25, 0.3) is 5.24 Å². The van der Waals surface area contributed by atoms with Crippen molar-refractivity contribution in [3.63, 3.8) is 0 Å².